The van der Waals surface area contributed by atoms with Crippen LogP contribution in [0.2, 0.25) is 0 Å². The molecule has 0 aliphatic carbocycles. The van der Waals surface area contributed by atoms with Crippen LogP contribution in [0.15, 0.2) is 6.33 Å². The SMILES string of the molecule is Cc1ncn(C(C)(C)CN)c1C. The lowest BCUT2D eigenvalue weighted by Crippen LogP contribution is -2.35. The Morgan fingerprint density at radius 1 is 1.50 bits per heavy atom. The lowest BCUT2D eigenvalue weighted by Gasteiger charge is -2.26. The van der Waals surface area contributed by atoms with E-state index < -0.39 is 0 Å². The highest BCUT2D eigenvalue weighted by atomic mass is 15.1. The Balaban J connectivity index is 3.11. The number of nitrogens with zero attached hydrogens (tertiary/aromatic N) is 2. The second kappa shape index (κ2) is 2.90. The molecule has 1 aromatic rings. The van der Waals surface area contributed by atoms with Crippen molar-refractivity contribution < 1.29 is 0 Å². The highest BCUT2D eigenvalue weighted by Crippen LogP contribution is 2.17. The van der Waals surface area contributed by atoms with Crippen molar-refractivity contribution >= 4 is 0 Å². The van der Waals surface area contributed by atoms with Gasteiger partial charge in [-0.1, -0.05) is 0 Å². The van der Waals surface area contributed by atoms with E-state index in [1.165, 1.54) is 5.69 Å². The van der Waals surface area contributed by atoms with Gasteiger partial charge in [0.25, 0.3) is 0 Å². The molecule has 0 fully saturated rings. The van der Waals surface area contributed by atoms with Crippen LogP contribution in [0.4, 0.5) is 0 Å². The third-order valence-electron chi connectivity index (χ3n) is 2.40. The van der Waals surface area contributed by atoms with E-state index in [2.05, 4.69) is 30.3 Å². The molecule has 0 saturated carbocycles. The summed E-state index contributed by atoms with van der Waals surface area (Å²) in [5.41, 5.74) is 7.92. The van der Waals surface area contributed by atoms with Crippen LogP contribution in [0.25, 0.3) is 0 Å². The van der Waals surface area contributed by atoms with Crippen molar-refractivity contribution in [3.8, 4) is 0 Å². The van der Waals surface area contributed by atoms with Gasteiger partial charge in [-0.05, 0) is 27.7 Å². The topological polar surface area (TPSA) is 43.8 Å². The quantitative estimate of drug-likeness (QED) is 0.719. The minimum atomic E-state index is -0.0225. The van der Waals surface area contributed by atoms with E-state index in [1.54, 1.807) is 0 Å². The number of hydrogen-bond donors (Lipinski definition) is 1. The maximum absolute atomic E-state index is 5.67. The molecular weight excluding hydrogens is 150 g/mol. The van der Waals surface area contributed by atoms with Crippen molar-refractivity contribution in [2.24, 2.45) is 5.73 Å². The van der Waals surface area contributed by atoms with Gasteiger partial charge >= 0.3 is 0 Å². The fourth-order valence-electron chi connectivity index (χ4n) is 1.21. The Morgan fingerprint density at radius 2 is 2.08 bits per heavy atom. The predicted octanol–water partition coefficient (Wildman–Crippen LogP) is 1.19. The molecule has 0 amide bonds. The van der Waals surface area contributed by atoms with Gasteiger partial charge in [0.05, 0.1) is 17.6 Å². The first kappa shape index (κ1) is 9.26. The minimum Gasteiger partial charge on any atom is -0.328 e. The molecule has 3 nitrogen and oxygen atoms in total. The molecule has 0 radical (unpaired) electrons. The summed E-state index contributed by atoms with van der Waals surface area (Å²) >= 11 is 0. The van der Waals surface area contributed by atoms with Crippen LogP contribution in [-0.2, 0) is 5.54 Å². The third kappa shape index (κ3) is 1.37. The van der Waals surface area contributed by atoms with Crippen LogP contribution in [0.3, 0.4) is 0 Å². The zero-order valence-corrected chi connectivity index (χ0v) is 8.26. The maximum Gasteiger partial charge on any atom is 0.0956 e. The highest BCUT2D eigenvalue weighted by Gasteiger charge is 2.19. The predicted molar refractivity (Wildman–Crippen MR) is 50.1 cm³/mol. The van der Waals surface area contributed by atoms with Crippen molar-refractivity contribution in [2.75, 3.05) is 6.54 Å². The molecule has 0 aliphatic heterocycles. The molecule has 0 aromatic carbocycles. The summed E-state index contributed by atoms with van der Waals surface area (Å²) in [7, 11) is 0. The molecule has 12 heavy (non-hydrogen) atoms. The molecule has 1 heterocycles. The molecule has 1 aromatic heterocycles. The number of aryl methyl sites for hydroxylation is 1. The van der Waals surface area contributed by atoms with Crippen LogP contribution in [-0.4, -0.2) is 16.1 Å². The first-order chi connectivity index (χ1) is 5.49. The van der Waals surface area contributed by atoms with E-state index in [0.29, 0.717) is 6.54 Å². The Hall–Kier alpha value is -0.830. The Kier molecular flexibility index (Phi) is 2.24. The number of aromatic nitrogens is 2. The standard InChI is InChI=1S/C9H17N3/c1-7-8(2)12(6-11-7)9(3,4)5-10/h6H,5,10H2,1-4H3. The van der Waals surface area contributed by atoms with E-state index in [1.807, 2.05) is 13.3 Å². The zero-order valence-electron chi connectivity index (χ0n) is 8.26. The normalized spacial score (nSPS) is 12.1. The van der Waals surface area contributed by atoms with Crippen molar-refractivity contribution in [1.82, 2.24) is 9.55 Å². The summed E-state index contributed by atoms with van der Waals surface area (Å²) in [5.74, 6) is 0. The van der Waals surface area contributed by atoms with E-state index in [4.69, 9.17) is 5.73 Å². The van der Waals surface area contributed by atoms with Gasteiger partial charge in [-0.3, -0.25) is 0 Å². The van der Waals surface area contributed by atoms with E-state index in [-0.39, 0.29) is 5.54 Å². The van der Waals surface area contributed by atoms with Gasteiger partial charge in [-0.25, -0.2) is 4.98 Å². The van der Waals surface area contributed by atoms with Crippen molar-refractivity contribution in [1.29, 1.82) is 0 Å². The molecule has 3 heteroatoms. The monoisotopic (exact) mass is 167 g/mol. The molecule has 0 atom stereocenters. The summed E-state index contributed by atoms with van der Waals surface area (Å²) in [6.45, 7) is 8.93. The number of imidazole rings is 1. The van der Waals surface area contributed by atoms with Gasteiger partial charge in [-0.15, -0.1) is 0 Å². The van der Waals surface area contributed by atoms with Gasteiger partial charge in [0.15, 0.2) is 0 Å². The number of nitrogens with two attached hydrogens (primary N) is 1. The van der Waals surface area contributed by atoms with Gasteiger partial charge < -0.3 is 10.3 Å². The largest absolute Gasteiger partial charge is 0.328 e. The first-order valence-corrected chi connectivity index (χ1v) is 4.20. The molecule has 1 rings (SSSR count). The zero-order chi connectivity index (χ0) is 9.35. The van der Waals surface area contributed by atoms with Crippen molar-refractivity contribution in [3.63, 3.8) is 0 Å². The maximum atomic E-state index is 5.67. The molecule has 0 spiro atoms. The smallest absolute Gasteiger partial charge is 0.0956 e. The lowest BCUT2D eigenvalue weighted by molar-refractivity contribution is 0.359. The van der Waals surface area contributed by atoms with E-state index in [0.717, 1.165) is 5.69 Å². The summed E-state index contributed by atoms with van der Waals surface area (Å²) in [5, 5.41) is 0. The molecule has 68 valence electrons. The molecule has 0 bridgehead atoms. The van der Waals surface area contributed by atoms with Crippen molar-refractivity contribution in [2.45, 2.75) is 33.2 Å². The molecule has 0 unspecified atom stereocenters. The van der Waals surface area contributed by atoms with Crippen LogP contribution in [0, 0.1) is 13.8 Å². The summed E-state index contributed by atoms with van der Waals surface area (Å²) in [6, 6.07) is 0. The highest BCUT2D eigenvalue weighted by molar-refractivity contribution is 5.11. The third-order valence-corrected chi connectivity index (χ3v) is 2.40. The summed E-state index contributed by atoms with van der Waals surface area (Å²) < 4.78 is 2.13. The average Bonchev–Trinajstić information content (AvgIpc) is 2.33. The molecule has 0 saturated heterocycles. The second-order valence-electron chi connectivity index (χ2n) is 3.80. The van der Waals surface area contributed by atoms with Crippen LogP contribution in [0.5, 0.6) is 0 Å². The van der Waals surface area contributed by atoms with E-state index >= 15 is 0 Å². The summed E-state index contributed by atoms with van der Waals surface area (Å²) in [6.07, 6.45) is 1.86. The van der Waals surface area contributed by atoms with E-state index in [9.17, 15) is 0 Å². The fraction of sp³-hybridized carbons (Fsp3) is 0.667. The Labute approximate surface area is 73.6 Å². The first-order valence-electron chi connectivity index (χ1n) is 4.20. The average molecular weight is 167 g/mol. The van der Waals surface area contributed by atoms with Gasteiger partial charge in [0.1, 0.15) is 0 Å². The Bertz CT molecular complexity index is 273. The minimum absolute atomic E-state index is 0.0225. The molecule has 0 aliphatic rings. The molecular formula is C9H17N3. The Morgan fingerprint density at radius 3 is 2.42 bits per heavy atom. The van der Waals surface area contributed by atoms with Gasteiger partial charge in [-0.2, -0.15) is 0 Å². The van der Waals surface area contributed by atoms with Crippen LogP contribution < -0.4 is 5.73 Å². The second-order valence-corrected chi connectivity index (χ2v) is 3.80. The van der Waals surface area contributed by atoms with Gasteiger partial charge in [0, 0.05) is 12.2 Å². The number of rotatable bonds is 2. The summed E-state index contributed by atoms with van der Waals surface area (Å²) in [4.78, 5) is 4.24. The van der Waals surface area contributed by atoms with Crippen LogP contribution in [0.1, 0.15) is 25.2 Å². The lowest BCUT2D eigenvalue weighted by atomic mass is 10.1. The van der Waals surface area contributed by atoms with Gasteiger partial charge in [0.2, 0.25) is 0 Å². The van der Waals surface area contributed by atoms with Crippen LogP contribution >= 0.6 is 0 Å². The fourth-order valence-corrected chi connectivity index (χ4v) is 1.21. The van der Waals surface area contributed by atoms with Crippen molar-refractivity contribution in [3.05, 3.63) is 17.7 Å². The molecule has 2 N–H and O–H groups in total. The number of hydrogen-bond acceptors (Lipinski definition) is 2.